The zero-order chi connectivity index (χ0) is 23.5. The SMILES string of the molecule is O=C(COc1cc(F)ccc1[N+](=O)[O-])N1CCN(S(=O)(=O)c2cccc([N+](=O)[O-])c2)CC1. The van der Waals surface area contributed by atoms with Gasteiger partial charge in [-0.05, 0) is 12.1 Å². The molecule has 0 aromatic heterocycles. The molecule has 0 atom stereocenters. The number of ether oxygens (including phenoxy) is 1. The van der Waals surface area contributed by atoms with E-state index in [2.05, 4.69) is 0 Å². The number of sulfonamides is 1. The van der Waals surface area contributed by atoms with Gasteiger partial charge in [-0.1, -0.05) is 6.07 Å². The molecule has 14 heteroatoms. The molecule has 1 heterocycles. The first-order valence-corrected chi connectivity index (χ1v) is 10.6. The molecule has 1 aliphatic heterocycles. The van der Waals surface area contributed by atoms with Crippen LogP contribution in [0.5, 0.6) is 5.75 Å². The van der Waals surface area contributed by atoms with E-state index in [4.69, 9.17) is 4.74 Å². The number of nitro groups is 2. The second-order valence-corrected chi connectivity index (χ2v) is 8.64. The van der Waals surface area contributed by atoms with Gasteiger partial charge in [-0.15, -0.1) is 0 Å². The lowest BCUT2D eigenvalue weighted by atomic mass is 10.3. The van der Waals surface area contributed by atoms with Crippen molar-refractivity contribution >= 4 is 27.3 Å². The summed E-state index contributed by atoms with van der Waals surface area (Å²) in [6.07, 6.45) is 0. The fourth-order valence-electron chi connectivity index (χ4n) is 3.07. The molecule has 0 N–H and O–H groups in total. The van der Waals surface area contributed by atoms with E-state index in [0.717, 1.165) is 28.6 Å². The van der Waals surface area contributed by atoms with Crippen molar-refractivity contribution in [3.63, 3.8) is 0 Å². The largest absolute Gasteiger partial charge is 0.477 e. The Balaban J connectivity index is 1.62. The van der Waals surface area contributed by atoms with Crippen LogP contribution in [-0.4, -0.2) is 66.2 Å². The zero-order valence-corrected chi connectivity index (χ0v) is 17.2. The highest BCUT2D eigenvalue weighted by Crippen LogP contribution is 2.27. The van der Waals surface area contributed by atoms with Crippen LogP contribution < -0.4 is 4.74 Å². The van der Waals surface area contributed by atoms with E-state index in [1.54, 1.807) is 0 Å². The smallest absolute Gasteiger partial charge is 0.311 e. The molecule has 0 aliphatic carbocycles. The minimum atomic E-state index is -4.00. The van der Waals surface area contributed by atoms with Crippen LogP contribution in [0.2, 0.25) is 0 Å². The predicted octanol–water partition coefficient (Wildman–Crippen LogP) is 1.55. The number of amides is 1. The Kier molecular flexibility index (Phi) is 6.64. The van der Waals surface area contributed by atoms with Crippen molar-refractivity contribution in [1.82, 2.24) is 9.21 Å². The molecule has 1 aliphatic rings. The Morgan fingerprint density at radius 3 is 2.34 bits per heavy atom. The monoisotopic (exact) mass is 468 g/mol. The van der Waals surface area contributed by atoms with E-state index in [9.17, 15) is 37.8 Å². The molecule has 32 heavy (non-hydrogen) atoms. The second-order valence-electron chi connectivity index (χ2n) is 6.70. The van der Waals surface area contributed by atoms with E-state index in [1.807, 2.05) is 0 Å². The topological polar surface area (TPSA) is 153 Å². The first-order chi connectivity index (χ1) is 15.1. The molecule has 170 valence electrons. The van der Waals surface area contributed by atoms with Gasteiger partial charge in [0.2, 0.25) is 15.8 Å². The maximum atomic E-state index is 13.4. The number of hydrogen-bond donors (Lipinski definition) is 0. The highest BCUT2D eigenvalue weighted by atomic mass is 32.2. The van der Waals surface area contributed by atoms with E-state index < -0.39 is 49.6 Å². The molecule has 0 unspecified atom stereocenters. The summed E-state index contributed by atoms with van der Waals surface area (Å²) in [5, 5.41) is 21.9. The van der Waals surface area contributed by atoms with Crippen LogP contribution in [0.15, 0.2) is 47.4 Å². The van der Waals surface area contributed by atoms with Crippen molar-refractivity contribution in [2.24, 2.45) is 0 Å². The molecule has 0 bridgehead atoms. The van der Waals surface area contributed by atoms with E-state index in [1.165, 1.54) is 23.1 Å². The van der Waals surface area contributed by atoms with Crippen LogP contribution in [0.1, 0.15) is 0 Å². The van der Waals surface area contributed by atoms with Crippen molar-refractivity contribution in [2.75, 3.05) is 32.8 Å². The van der Waals surface area contributed by atoms with Gasteiger partial charge in [-0.25, -0.2) is 12.8 Å². The maximum absolute atomic E-state index is 13.4. The Morgan fingerprint density at radius 2 is 1.72 bits per heavy atom. The molecule has 2 aromatic carbocycles. The average molecular weight is 468 g/mol. The third kappa shape index (κ3) is 4.97. The molecule has 2 aromatic rings. The Hall–Kier alpha value is -3.65. The third-order valence-electron chi connectivity index (χ3n) is 4.73. The van der Waals surface area contributed by atoms with Gasteiger partial charge in [0.25, 0.3) is 11.6 Å². The van der Waals surface area contributed by atoms with Crippen molar-refractivity contribution in [1.29, 1.82) is 0 Å². The van der Waals surface area contributed by atoms with Gasteiger partial charge >= 0.3 is 5.69 Å². The minimum absolute atomic E-state index is 0.0155. The molecular weight excluding hydrogens is 451 g/mol. The summed E-state index contributed by atoms with van der Waals surface area (Å²) in [7, 11) is -4.00. The molecule has 1 amide bonds. The van der Waals surface area contributed by atoms with Gasteiger partial charge in [-0.3, -0.25) is 25.0 Å². The van der Waals surface area contributed by atoms with Crippen molar-refractivity contribution < 1.29 is 32.2 Å². The van der Waals surface area contributed by atoms with Crippen LogP contribution in [-0.2, 0) is 14.8 Å². The lowest BCUT2D eigenvalue weighted by Crippen LogP contribution is -2.51. The van der Waals surface area contributed by atoms with E-state index >= 15 is 0 Å². The number of benzene rings is 2. The molecule has 1 fully saturated rings. The summed E-state index contributed by atoms with van der Waals surface area (Å²) in [5.41, 5.74) is -0.851. The van der Waals surface area contributed by atoms with Gasteiger partial charge in [0, 0.05) is 50.4 Å². The third-order valence-corrected chi connectivity index (χ3v) is 6.62. The fourth-order valence-corrected chi connectivity index (χ4v) is 4.53. The average Bonchev–Trinajstić information content (AvgIpc) is 2.77. The maximum Gasteiger partial charge on any atom is 0.311 e. The number of halogens is 1. The van der Waals surface area contributed by atoms with Crippen LogP contribution in [0.3, 0.4) is 0 Å². The Morgan fingerprint density at radius 1 is 1.03 bits per heavy atom. The number of nitro benzene ring substituents is 2. The molecule has 3 rings (SSSR count). The van der Waals surface area contributed by atoms with Gasteiger partial charge in [0.05, 0.1) is 14.7 Å². The highest BCUT2D eigenvalue weighted by molar-refractivity contribution is 7.89. The number of piperazine rings is 1. The lowest BCUT2D eigenvalue weighted by Gasteiger charge is -2.33. The summed E-state index contributed by atoms with van der Waals surface area (Å²) in [5.74, 6) is -1.72. The second kappa shape index (κ2) is 9.23. The van der Waals surface area contributed by atoms with Gasteiger partial charge in [0.1, 0.15) is 5.82 Å². The summed E-state index contributed by atoms with van der Waals surface area (Å²) >= 11 is 0. The molecule has 0 spiro atoms. The van der Waals surface area contributed by atoms with Gasteiger partial charge < -0.3 is 9.64 Å². The van der Waals surface area contributed by atoms with Crippen molar-refractivity contribution in [3.05, 3.63) is 68.5 Å². The zero-order valence-electron chi connectivity index (χ0n) is 16.4. The Labute approximate surface area is 181 Å². The van der Waals surface area contributed by atoms with Crippen molar-refractivity contribution in [2.45, 2.75) is 4.90 Å². The number of rotatable bonds is 7. The van der Waals surface area contributed by atoms with Crippen molar-refractivity contribution in [3.8, 4) is 5.75 Å². The van der Waals surface area contributed by atoms with Gasteiger partial charge in [0.15, 0.2) is 6.61 Å². The standard InChI is InChI=1S/C18H17FN4O8S/c19-13-4-5-16(23(27)28)17(10-13)31-12-18(24)20-6-8-21(9-7-20)32(29,30)15-3-1-2-14(11-15)22(25)26/h1-5,10-11H,6-9,12H2. The summed E-state index contributed by atoms with van der Waals surface area (Å²) in [6.45, 7) is -0.682. The number of carbonyl (C=O) groups is 1. The summed E-state index contributed by atoms with van der Waals surface area (Å²) in [6, 6.07) is 7.29. The van der Waals surface area contributed by atoms with E-state index in [0.29, 0.717) is 0 Å². The molecular formula is C18H17FN4O8S. The predicted molar refractivity (Wildman–Crippen MR) is 107 cm³/mol. The van der Waals surface area contributed by atoms with Crippen LogP contribution in [0.4, 0.5) is 15.8 Å². The van der Waals surface area contributed by atoms with Crippen LogP contribution >= 0.6 is 0 Å². The molecule has 0 radical (unpaired) electrons. The molecule has 12 nitrogen and oxygen atoms in total. The molecule has 0 saturated carbocycles. The first-order valence-electron chi connectivity index (χ1n) is 9.18. The first kappa shape index (κ1) is 23.0. The summed E-state index contributed by atoms with van der Waals surface area (Å²) in [4.78, 5) is 33.9. The summed E-state index contributed by atoms with van der Waals surface area (Å²) < 4.78 is 45.1. The van der Waals surface area contributed by atoms with E-state index in [-0.39, 0.29) is 36.8 Å². The normalized spacial score (nSPS) is 14.7. The lowest BCUT2D eigenvalue weighted by molar-refractivity contribution is -0.385. The number of nitrogens with zero attached hydrogens (tertiary/aromatic N) is 4. The number of hydrogen-bond acceptors (Lipinski definition) is 8. The van der Waals surface area contributed by atoms with Gasteiger partial charge in [-0.2, -0.15) is 4.31 Å². The Bertz CT molecular complexity index is 1170. The highest BCUT2D eigenvalue weighted by Gasteiger charge is 2.31. The van der Waals surface area contributed by atoms with Crippen LogP contribution in [0.25, 0.3) is 0 Å². The fraction of sp³-hybridized carbons (Fsp3) is 0.278. The quantitative estimate of drug-likeness (QED) is 0.438. The number of non-ortho nitro benzene ring substituents is 1. The number of carbonyl (C=O) groups excluding carboxylic acids is 1. The molecule has 1 saturated heterocycles. The minimum Gasteiger partial charge on any atom is -0.477 e. The van der Waals surface area contributed by atoms with Crippen LogP contribution in [0, 0.1) is 26.0 Å².